The van der Waals surface area contributed by atoms with Crippen LogP contribution in [0.3, 0.4) is 0 Å². The monoisotopic (exact) mass is 522 g/mol. The van der Waals surface area contributed by atoms with Crippen molar-refractivity contribution in [1.82, 2.24) is 25.4 Å². The fourth-order valence-corrected chi connectivity index (χ4v) is 3.84. The number of amides is 1. The second kappa shape index (κ2) is 9.92. The highest BCUT2D eigenvalue weighted by Crippen LogP contribution is 2.35. The van der Waals surface area contributed by atoms with Gasteiger partial charge in [0.15, 0.2) is 5.69 Å². The lowest BCUT2D eigenvalue weighted by Gasteiger charge is -2.30. The fraction of sp³-hybridized carbons (Fsp3) is 0.227. The van der Waals surface area contributed by atoms with E-state index in [0.717, 1.165) is 35.3 Å². The van der Waals surface area contributed by atoms with Gasteiger partial charge in [0, 0.05) is 17.6 Å². The predicted octanol–water partition coefficient (Wildman–Crippen LogP) is 3.29. The molecular weight excluding hydrogens is 508 g/mol. The number of benzene rings is 1. The summed E-state index contributed by atoms with van der Waals surface area (Å²) in [7, 11) is 0. The van der Waals surface area contributed by atoms with Crippen molar-refractivity contribution in [2.45, 2.75) is 31.1 Å². The maximum absolute atomic E-state index is 13.6. The zero-order chi connectivity index (χ0) is 26.0. The third-order valence-electron chi connectivity index (χ3n) is 5.25. The lowest BCUT2D eigenvalue weighted by Crippen LogP contribution is -2.54. The van der Waals surface area contributed by atoms with E-state index in [-0.39, 0.29) is 35.0 Å². The zero-order valence-corrected chi connectivity index (χ0v) is 18.8. The molecule has 0 spiro atoms. The minimum Gasteiger partial charge on any atom is -0.449 e. The number of hydrogen-bond acceptors (Lipinski definition) is 7. The maximum Gasteiger partial charge on any atom is 0.437 e. The number of hydrazine groups is 1. The van der Waals surface area contributed by atoms with Crippen LogP contribution < -0.4 is 21.1 Å². The molecule has 9 nitrogen and oxygen atoms in total. The van der Waals surface area contributed by atoms with Crippen LogP contribution in [0.2, 0.25) is 5.02 Å². The van der Waals surface area contributed by atoms with Gasteiger partial charge in [-0.3, -0.25) is 24.6 Å². The number of nitrogens with zero attached hydrogens (tertiary/aromatic N) is 4. The second-order valence-electron chi connectivity index (χ2n) is 7.79. The summed E-state index contributed by atoms with van der Waals surface area (Å²) in [4.78, 5) is 32.6. The van der Waals surface area contributed by atoms with Crippen LogP contribution in [0.15, 0.2) is 47.7 Å². The molecule has 1 amide bonds. The lowest BCUT2D eigenvalue weighted by atomic mass is 9.93. The molecule has 2 atom stereocenters. The average molecular weight is 523 g/mol. The molecule has 3 aromatic rings. The van der Waals surface area contributed by atoms with Gasteiger partial charge in [0.2, 0.25) is 11.7 Å². The number of alkyl halides is 3. The Hall–Kier alpha value is -4.02. The fourth-order valence-electron chi connectivity index (χ4n) is 3.62. The Morgan fingerprint density at radius 1 is 1.22 bits per heavy atom. The first kappa shape index (κ1) is 25.1. The molecule has 0 aliphatic carbocycles. The van der Waals surface area contributed by atoms with E-state index in [1.165, 1.54) is 12.1 Å². The molecular formula is C22H15ClF4N6O3. The molecule has 2 aromatic heterocycles. The van der Waals surface area contributed by atoms with Crippen molar-refractivity contribution in [2.24, 2.45) is 0 Å². The maximum atomic E-state index is 13.6. The third-order valence-corrected chi connectivity index (χ3v) is 5.46. The van der Waals surface area contributed by atoms with Crippen LogP contribution in [0, 0.1) is 17.1 Å². The summed E-state index contributed by atoms with van der Waals surface area (Å²) in [5.41, 5.74) is 2.71. The molecule has 14 heteroatoms. The Bertz CT molecular complexity index is 1400. The summed E-state index contributed by atoms with van der Waals surface area (Å²) in [5, 5.41) is 9.09. The molecule has 36 heavy (non-hydrogen) atoms. The van der Waals surface area contributed by atoms with Crippen LogP contribution in [-0.4, -0.2) is 26.5 Å². The van der Waals surface area contributed by atoms with Gasteiger partial charge in [-0.1, -0.05) is 11.6 Å². The predicted molar refractivity (Wildman–Crippen MR) is 116 cm³/mol. The largest absolute Gasteiger partial charge is 0.449 e. The smallest absolute Gasteiger partial charge is 0.437 e. The van der Waals surface area contributed by atoms with E-state index < -0.39 is 46.9 Å². The van der Waals surface area contributed by atoms with Gasteiger partial charge in [0.25, 0.3) is 5.56 Å². The molecule has 1 saturated heterocycles. The van der Waals surface area contributed by atoms with Crippen molar-refractivity contribution < 1.29 is 27.1 Å². The normalized spacial score (nSPS) is 17.8. The molecule has 186 valence electrons. The Morgan fingerprint density at radius 2 is 2.00 bits per heavy atom. The van der Waals surface area contributed by atoms with Crippen LogP contribution in [0.25, 0.3) is 0 Å². The van der Waals surface area contributed by atoms with Crippen molar-refractivity contribution in [3.63, 3.8) is 0 Å². The molecule has 0 bridgehead atoms. The molecule has 2 unspecified atom stereocenters. The van der Waals surface area contributed by atoms with Gasteiger partial charge in [0.1, 0.15) is 11.6 Å². The molecule has 0 saturated carbocycles. The van der Waals surface area contributed by atoms with Gasteiger partial charge in [0.05, 0.1) is 35.8 Å². The molecule has 1 aromatic carbocycles. The van der Waals surface area contributed by atoms with Gasteiger partial charge in [-0.2, -0.15) is 18.4 Å². The molecule has 2 N–H and O–H groups in total. The van der Waals surface area contributed by atoms with Crippen LogP contribution in [0.1, 0.15) is 29.3 Å². The standard InChI is InChI=1S/C22H15ClF4N6O3/c23-12-3-11(7-28)4-15(5-12)36-18-19(22(25,26)27)30-10-33(21(18)35)9-14-6-16(20(34)32-31-14)17-2-1-13(24)8-29-17/h1-5,8,10,14,16,31H,6,9H2,(H,32,34). The Labute approximate surface area is 205 Å². The van der Waals surface area contributed by atoms with E-state index in [4.69, 9.17) is 21.6 Å². The second-order valence-corrected chi connectivity index (χ2v) is 8.22. The summed E-state index contributed by atoms with van der Waals surface area (Å²) < 4.78 is 60.1. The Morgan fingerprint density at radius 3 is 2.67 bits per heavy atom. The Kier molecular flexibility index (Phi) is 6.91. The quantitative estimate of drug-likeness (QED) is 0.493. The summed E-state index contributed by atoms with van der Waals surface area (Å²) in [5.74, 6) is -3.18. The zero-order valence-electron chi connectivity index (χ0n) is 18.0. The first-order valence-corrected chi connectivity index (χ1v) is 10.6. The van der Waals surface area contributed by atoms with E-state index in [1.807, 2.05) is 0 Å². The summed E-state index contributed by atoms with van der Waals surface area (Å²) in [6.07, 6.45) is -3.23. The molecule has 0 radical (unpaired) electrons. The molecule has 3 heterocycles. The highest BCUT2D eigenvalue weighted by Gasteiger charge is 2.39. The van der Waals surface area contributed by atoms with E-state index >= 15 is 0 Å². The number of nitriles is 1. The lowest BCUT2D eigenvalue weighted by molar-refractivity contribution is -0.142. The van der Waals surface area contributed by atoms with Crippen LogP contribution in [0.4, 0.5) is 17.6 Å². The number of carbonyl (C=O) groups excluding carboxylic acids is 1. The van der Waals surface area contributed by atoms with Crippen LogP contribution in [0.5, 0.6) is 11.5 Å². The number of halogens is 5. The molecule has 4 rings (SSSR count). The SMILES string of the molecule is N#Cc1cc(Cl)cc(Oc2c(C(F)(F)F)ncn(CC3CC(c4ccc(F)cn4)C(=O)NN3)c2=O)c1. The van der Waals surface area contributed by atoms with Crippen molar-refractivity contribution in [3.05, 3.63) is 81.0 Å². The van der Waals surface area contributed by atoms with Crippen molar-refractivity contribution in [1.29, 1.82) is 5.26 Å². The van der Waals surface area contributed by atoms with Gasteiger partial charge in [-0.05, 0) is 36.8 Å². The number of carbonyl (C=O) groups is 1. The number of nitrogens with one attached hydrogen (secondary N) is 2. The minimum atomic E-state index is -5.01. The van der Waals surface area contributed by atoms with E-state index in [0.29, 0.717) is 0 Å². The third kappa shape index (κ3) is 5.45. The topological polar surface area (TPSA) is 122 Å². The first-order valence-electron chi connectivity index (χ1n) is 10.3. The van der Waals surface area contributed by atoms with Gasteiger partial charge >= 0.3 is 6.18 Å². The van der Waals surface area contributed by atoms with Gasteiger partial charge in [-0.15, -0.1) is 0 Å². The van der Waals surface area contributed by atoms with Crippen molar-refractivity contribution in [3.8, 4) is 17.6 Å². The number of hydrogen-bond donors (Lipinski definition) is 2. The van der Waals surface area contributed by atoms with Gasteiger partial charge < -0.3 is 4.74 Å². The van der Waals surface area contributed by atoms with Crippen LogP contribution >= 0.6 is 11.6 Å². The van der Waals surface area contributed by atoms with Crippen molar-refractivity contribution >= 4 is 17.5 Å². The molecule has 1 aliphatic heterocycles. The summed E-state index contributed by atoms with van der Waals surface area (Å²) in [6.45, 7) is -0.197. The number of aromatic nitrogens is 3. The first-order chi connectivity index (χ1) is 17.0. The number of ether oxygens (including phenoxy) is 1. The van der Waals surface area contributed by atoms with E-state index in [2.05, 4.69) is 20.8 Å². The number of pyridine rings is 1. The van der Waals surface area contributed by atoms with E-state index in [1.54, 1.807) is 6.07 Å². The minimum absolute atomic E-state index is 0.0119. The number of rotatable bonds is 5. The highest BCUT2D eigenvalue weighted by molar-refractivity contribution is 6.30. The summed E-state index contributed by atoms with van der Waals surface area (Å²) in [6, 6.07) is 7.21. The van der Waals surface area contributed by atoms with Crippen molar-refractivity contribution in [2.75, 3.05) is 0 Å². The Balaban J connectivity index is 1.65. The molecule has 1 aliphatic rings. The molecule has 1 fully saturated rings. The van der Waals surface area contributed by atoms with E-state index in [9.17, 15) is 27.2 Å². The average Bonchev–Trinajstić information content (AvgIpc) is 2.82. The summed E-state index contributed by atoms with van der Waals surface area (Å²) >= 11 is 5.89. The van der Waals surface area contributed by atoms with Crippen LogP contribution in [-0.2, 0) is 17.5 Å². The van der Waals surface area contributed by atoms with Gasteiger partial charge in [-0.25, -0.2) is 14.8 Å². The highest BCUT2D eigenvalue weighted by atomic mass is 35.5.